The first-order valence-corrected chi connectivity index (χ1v) is 20.6. The molecular weight excluding hydrogens is 701 g/mol. The van der Waals surface area contributed by atoms with Crippen LogP contribution in [0, 0.1) is 6.92 Å². The van der Waals surface area contributed by atoms with E-state index in [1.54, 1.807) is 0 Å². The Morgan fingerprint density at radius 1 is 0.448 bits per heavy atom. The van der Waals surface area contributed by atoms with E-state index >= 15 is 0 Å². The Balaban J connectivity index is 1.11. The van der Waals surface area contributed by atoms with Gasteiger partial charge in [-0.05, 0) is 131 Å². The van der Waals surface area contributed by atoms with Crippen LogP contribution in [0.3, 0.4) is 0 Å². The van der Waals surface area contributed by atoms with E-state index in [9.17, 15) is 0 Å². The summed E-state index contributed by atoms with van der Waals surface area (Å²) in [5.41, 5.74) is 16.3. The fourth-order valence-electron chi connectivity index (χ4n) is 9.88. The molecule has 2 atom stereocenters. The lowest BCUT2D eigenvalue weighted by atomic mass is 9.82. The van der Waals surface area contributed by atoms with E-state index < -0.39 is 0 Å². The SMILES string of the molecule is CCc1ccccc1-c1c(C)c(-c2cccc(-c3c4ccccc4c(-c4cccc(-c5cccc6ccccc56)c4)c4ccccc34)c2)cc2c1OC1C=CC=CC21. The van der Waals surface area contributed by atoms with Gasteiger partial charge in [0.2, 0.25) is 0 Å². The van der Waals surface area contributed by atoms with Gasteiger partial charge in [0, 0.05) is 17.0 Å². The van der Waals surface area contributed by atoms with Gasteiger partial charge in [-0.1, -0.05) is 177 Å². The van der Waals surface area contributed by atoms with Gasteiger partial charge in [0.15, 0.2) is 0 Å². The van der Waals surface area contributed by atoms with Crippen LogP contribution in [0.1, 0.15) is 29.5 Å². The van der Waals surface area contributed by atoms with Crippen molar-refractivity contribution >= 4 is 32.3 Å². The zero-order valence-corrected chi connectivity index (χ0v) is 32.7. The lowest BCUT2D eigenvalue weighted by Crippen LogP contribution is -2.15. The molecule has 1 heteroatoms. The van der Waals surface area contributed by atoms with Gasteiger partial charge in [0.1, 0.15) is 11.9 Å². The molecule has 2 aliphatic rings. The van der Waals surface area contributed by atoms with Crippen LogP contribution in [-0.2, 0) is 6.42 Å². The average molecular weight is 743 g/mol. The molecule has 1 aliphatic carbocycles. The highest BCUT2D eigenvalue weighted by molar-refractivity contribution is 6.21. The molecule has 0 aromatic heterocycles. The van der Waals surface area contributed by atoms with Crippen molar-refractivity contribution in [1.82, 2.24) is 0 Å². The molecule has 276 valence electrons. The van der Waals surface area contributed by atoms with Gasteiger partial charge >= 0.3 is 0 Å². The van der Waals surface area contributed by atoms with Crippen LogP contribution in [0.5, 0.6) is 5.75 Å². The summed E-state index contributed by atoms with van der Waals surface area (Å²) in [5.74, 6) is 1.22. The summed E-state index contributed by atoms with van der Waals surface area (Å²) in [7, 11) is 0. The van der Waals surface area contributed by atoms with Crippen LogP contribution in [0.4, 0.5) is 0 Å². The molecule has 0 bridgehead atoms. The summed E-state index contributed by atoms with van der Waals surface area (Å²) < 4.78 is 6.82. The van der Waals surface area contributed by atoms with E-state index in [0.717, 1.165) is 12.2 Å². The van der Waals surface area contributed by atoms with E-state index in [1.165, 1.54) is 105 Å². The van der Waals surface area contributed by atoms with E-state index in [1.807, 2.05) is 0 Å². The fraction of sp³-hybridized carbons (Fsp3) is 0.0877. The van der Waals surface area contributed by atoms with Crippen molar-refractivity contribution < 1.29 is 4.74 Å². The topological polar surface area (TPSA) is 9.23 Å². The van der Waals surface area contributed by atoms with Crippen molar-refractivity contribution in [3.05, 3.63) is 211 Å². The monoisotopic (exact) mass is 742 g/mol. The highest BCUT2D eigenvalue weighted by Gasteiger charge is 2.36. The highest BCUT2D eigenvalue weighted by Crippen LogP contribution is 2.52. The number of benzene rings is 9. The summed E-state index contributed by atoms with van der Waals surface area (Å²) in [5, 5.41) is 7.54. The van der Waals surface area contributed by atoms with Gasteiger partial charge in [0.05, 0.1) is 0 Å². The zero-order valence-electron chi connectivity index (χ0n) is 32.7. The van der Waals surface area contributed by atoms with Crippen LogP contribution < -0.4 is 4.74 Å². The molecule has 0 saturated carbocycles. The van der Waals surface area contributed by atoms with Crippen molar-refractivity contribution in [3.63, 3.8) is 0 Å². The molecule has 1 heterocycles. The third-order valence-corrected chi connectivity index (χ3v) is 12.6. The second-order valence-electron chi connectivity index (χ2n) is 15.8. The predicted molar refractivity (Wildman–Crippen MR) is 246 cm³/mol. The molecule has 1 nitrogen and oxygen atoms in total. The first-order valence-electron chi connectivity index (χ1n) is 20.6. The van der Waals surface area contributed by atoms with E-state index in [4.69, 9.17) is 4.74 Å². The number of hydrogen-bond donors (Lipinski definition) is 0. The lowest BCUT2D eigenvalue weighted by molar-refractivity contribution is 0.269. The van der Waals surface area contributed by atoms with Crippen LogP contribution in [0.2, 0.25) is 0 Å². The Hall–Kier alpha value is -6.96. The molecule has 0 radical (unpaired) electrons. The molecule has 58 heavy (non-hydrogen) atoms. The molecule has 0 N–H and O–H groups in total. The summed E-state index contributed by atoms with van der Waals surface area (Å²) in [6.07, 6.45) is 9.76. The fourth-order valence-corrected chi connectivity index (χ4v) is 9.88. The molecular formula is C57H42O. The van der Waals surface area contributed by atoms with Crippen LogP contribution in [-0.4, -0.2) is 6.10 Å². The number of rotatable bonds is 6. The molecule has 9 aromatic carbocycles. The number of aryl methyl sites for hydroxylation is 1. The van der Waals surface area contributed by atoms with Crippen molar-refractivity contribution in [1.29, 1.82) is 0 Å². The molecule has 0 amide bonds. The van der Waals surface area contributed by atoms with E-state index in [0.29, 0.717) is 0 Å². The highest BCUT2D eigenvalue weighted by atomic mass is 16.5. The van der Waals surface area contributed by atoms with Crippen molar-refractivity contribution in [2.24, 2.45) is 0 Å². The van der Waals surface area contributed by atoms with Gasteiger partial charge in [-0.25, -0.2) is 0 Å². The summed E-state index contributed by atoms with van der Waals surface area (Å²) in [6.45, 7) is 4.53. The van der Waals surface area contributed by atoms with Crippen molar-refractivity contribution in [2.45, 2.75) is 32.3 Å². The van der Waals surface area contributed by atoms with Gasteiger partial charge in [0.25, 0.3) is 0 Å². The second kappa shape index (κ2) is 13.9. The first-order chi connectivity index (χ1) is 28.7. The Morgan fingerprint density at radius 3 is 1.64 bits per heavy atom. The number of fused-ring (bicyclic) bond motifs is 6. The third-order valence-electron chi connectivity index (χ3n) is 12.6. The summed E-state index contributed by atoms with van der Waals surface area (Å²) in [4.78, 5) is 0. The molecule has 11 rings (SSSR count). The molecule has 2 unspecified atom stereocenters. The number of ether oxygens (including phenoxy) is 1. The quantitative estimate of drug-likeness (QED) is 0.154. The molecule has 0 saturated heterocycles. The van der Waals surface area contributed by atoms with E-state index in [2.05, 4.69) is 208 Å². The smallest absolute Gasteiger partial charge is 0.132 e. The molecule has 0 spiro atoms. The largest absolute Gasteiger partial charge is 0.484 e. The maximum absolute atomic E-state index is 6.82. The second-order valence-corrected chi connectivity index (χ2v) is 15.8. The van der Waals surface area contributed by atoms with Gasteiger partial charge < -0.3 is 4.74 Å². The normalized spacial score (nSPS) is 15.5. The Kier molecular flexibility index (Phi) is 8.22. The van der Waals surface area contributed by atoms with Crippen LogP contribution >= 0.6 is 0 Å². The Bertz CT molecular complexity index is 3100. The summed E-state index contributed by atoms with van der Waals surface area (Å²) >= 11 is 0. The zero-order chi connectivity index (χ0) is 38.7. The van der Waals surface area contributed by atoms with Crippen LogP contribution in [0.15, 0.2) is 194 Å². The predicted octanol–water partition coefficient (Wildman–Crippen LogP) is 15.3. The molecule has 9 aromatic rings. The van der Waals surface area contributed by atoms with Gasteiger partial charge in [-0.3, -0.25) is 0 Å². The Labute approximate surface area is 340 Å². The minimum atomic E-state index is 0.0116. The molecule has 1 aliphatic heterocycles. The summed E-state index contributed by atoms with van der Waals surface area (Å²) in [6, 6.07) is 62.9. The number of hydrogen-bond acceptors (Lipinski definition) is 1. The first kappa shape index (κ1) is 34.3. The van der Waals surface area contributed by atoms with E-state index in [-0.39, 0.29) is 12.0 Å². The maximum atomic E-state index is 6.82. The minimum absolute atomic E-state index is 0.0116. The van der Waals surface area contributed by atoms with Crippen LogP contribution in [0.25, 0.3) is 88.0 Å². The standard InChI is InChI=1S/C57H42O/c1-3-37-17-4-7-25-45(37)54-36(2)51(35-52-46-26-12-13-32-53(46)58-57(52)54)40-21-15-23-42(34-40)56-49-29-10-8-27-47(49)55(48-28-9-11-30-50(48)56)41-22-14-20-39(33-41)44-31-16-19-38-18-5-6-24-43(38)44/h4-35,46,53H,3H2,1-2H3. The van der Waals surface area contributed by atoms with Crippen molar-refractivity contribution in [3.8, 4) is 61.4 Å². The maximum Gasteiger partial charge on any atom is 0.132 e. The van der Waals surface area contributed by atoms with Gasteiger partial charge in [-0.15, -0.1) is 0 Å². The number of allylic oxidation sites excluding steroid dienone is 2. The third kappa shape index (κ3) is 5.45. The lowest BCUT2D eigenvalue weighted by Gasteiger charge is -2.20. The Morgan fingerprint density at radius 2 is 0.966 bits per heavy atom. The minimum Gasteiger partial charge on any atom is -0.484 e. The van der Waals surface area contributed by atoms with Crippen molar-refractivity contribution in [2.75, 3.05) is 0 Å². The average Bonchev–Trinajstić information content (AvgIpc) is 3.66. The molecule has 0 fully saturated rings. The van der Waals surface area contributed by atoms with Gasteiger partial charge in [-0.2, -0.15) is 0 Å².